The molecule has 1 aliphatic rings. The van der Waals surface area contributed by atoms with Gasteiger partial charge in [0.05, 0.1) is 16.5 Å². The summed E-state index contributed by atoms with van der Waals surface area (Å²) in [4.78, 5) is 0.308. The molecule has 0 aromatic heterocycles. The number of fused-ring (bicyclic) bond motifs is 1. The lowest BCUT2D eigenvalue weighted by molar-refractivity contribution is 0.585. The summed E-state index contributed by atoms with van der Waals surface area (Å²) in [6.45, 7) is 0.0463. The van der Waals surface area contributed by atoms with E-state index >= 15 is 0 Å². The lowest BCUT2D eigenvalue weighted by Gasteiger charge is -2.16. The highest BCUT2D eigenvalue weighted by Crippen LogP contribution is 2.23. The van der Waals surface area contributed by atoms with Crippen molar-refractivity contribution < 1.29 is 8.42 Å². The second-order valence-corrected chi connectivity index (χ2v) is 7.92. The first-order valence-corrected chi connectivity index (χ1v) is 9.77. The molecule has 0 spiro atoms. The minimum atomic E-state index is -3.54. The predicted octanol–water partition coefficient (Wildman–Crippen LogP) is 3.55. The Balaban J connectivity index is 1.70. The zero-order valence-corrected chi connectivity index (χ0v) is 14.8. The Kier molecular flexibility index (Phi) is 5.25. The van der Waals surface area contributed by atoms with Gasteiger partial charge in [0.15, 0.2) is 0 Å². The molecule has 0 amide bonds. The monoisotopic (exact) mass is 359 g/mol. The van der Waals surface area contributed by atoms with Gasteiger partial charge in [-0.2, -0.15) is 4.72 Å². The van der Waals surface area contributed by atoms with Crippen LogP contribution in [-0.2, 0) is 22.9 Å². The Morgan fingerprint density at radius 2 is 1.79 bits per heavy atom. The number of hydrogen-bond acceptors (Lipinski definition) is 2. The van der Waals surface area contributed by atoms with Crippen molar-refractivity contribution in [3.8, 4) is 11.8 Å². The van der Waals surface area contributed by atoms with E-state index in [0.29, 0.717) is 15.5 Å². The summed E-state index contributed by atoms with van der Waals surface area (Å²) in [6, 6.07) is 12.6. The normalized spacial score (nSPS) is 13.7. The van der Waals surface area contributed by atoms with Crippen LogP contribution in [0.15, 0.2) is 47.4 Å². The van der Waals surface area contributed by atoms with Crippen molar-refractivity contribution in [2.75, 3.05) is 6.54 Å². The maximum Gasteiger partial charge on any atom is 0.241 e. The molecule has 2 aromatic carbocycles. The number of aryl methyl sites for hydroxylation is 2. The fourth-order valence-corrected chi connectivity index (χ4v) is 3.95. The van der Waals surface area contributed by atoms with E-state index in [1.165, 1.54) is 12.0 Å². The van der Waals surface area contributed by atoms with Crippen molar-refractivity contribution in [1.29, 1.82) is 0 Å². The number of benzene rings is 2. The van der Waals surface area contributed by atoms with Gasteiger partial charge in [-0.05, 0) is 61.1 Å². The zero-order valence-electron chi connectivity index (χ0n) is 13.2. The third-order valence-electron chi connectivity index (χ3n) is 4.08. The van der Waals surface area contributed by atoms with Crippen LogP contribution < -0.4 is 4.72 Å². The number of hydrogen-bond donors (Lipinski definition) is 1. The fourth-order valence-electron chi connectivity index (χ4n) is 2.79. The molecule has 1 aliphatic carbocycles. The average molecular weight is 360 g/mol. The molecule has 0 heterocycles. The second-order valence-electron chi connectivity index (χ2n) is 5.74. The Hall–Kier alpha value is -1.80. The predicted molar refractivity (Wildman–Crippen MR) is 96.6 cm³/mol. The molecule has 0 unspecified atom stereocenters. The van der Waals surface area contributed by atoms with E-state index in [1.54, 1.807) is 24.3 Å². The number of halogens is 1. The van der Waals surface area contributed by atoms with Gasteiger partial charge in [0, 0.05) is 5.56 Å². The first kappa shape index (κ1) is 17.0. The molecular weight excluding hydrogens is 342 g/mol. The van der Waals surface area contributed by atoms with Crippen LogP contribution in [0, 0.1) is 11.8 Å². The van der Waals surface area contributed by atoms with Crippen molar-refractivity contribution in [3.63, 3.8) is 0 Å². The molecule has 1 N–H and O–H groups in total. The molecule has 2 aromatic rings. The van der Waals surface area contributed by atoms with Gasteiger partial charge in [0.25, 0.3) is 0 Å². The van der Waals surface area contributed by atoms with Crippen LogP contribution in [0.2, 0.25) is 5.02 Å². The Morgan fingerprint density at radius 1 is 1.04 bits per heavy atom. The van der Waals surface area contributed by atoms with E-state index in [1.807, 2.05) is 18.2 Å². The van der Waals surface area contributed by atoms with Gasteiger partial charge in [-0.25, -0.2) is 8.42 Å². The van der Waals surface area contributed by atoms with Crippen LogP contribution in [0.25, 0.3) is 0 Å². The summed E-state index contributed by atoms with van der Waals surface area (Å²) in [5.41, 5.74) is 3.09. The Labute approximate surface area is 148 Å². The maximum atomic E-state index is 12.4. The van der Waals surface area contributed by atoms with Crippen molar-refractivity contribution in [1.82, 2.24) is 4.72 Å². The van der Waals surface area contributed by atoms with Gasteiger partial charge in [0.2, 0.25) is 10.0 Å². The number of sulfonamides is 1. The SMILES string of the molecule is O=S(=O)(NCC#Cc1ccccc1Cl)c1ccc2c(c1)CCCC2. The molecule has 3 rings (SSSR count). The zero-order chi connectivity index (χ0) is 17.0. The molecular formula is C19H18ClNO2S. The lowest BCUT2D eigenvalue weighted by atomic mass is 9.92. The standard InChI is InChI=1S/C19H18ClNO2S/c20-19-10-4-3-7-16(19)9-5-13-21-24(22,23)18-12-11-15-6-1-2-8-17(15)14-18/h3-4,7,10-12,14,21H,1-2,6,8,13H2. The van der Waals surface area contributed by atoms with Crippen LogP contribution in [0.3, 0.4) is 0 Å². The first-order chi connectivity index (χ1) is 11.6. The Morgan fingerprint density at radius 3 is 2.58 bits per heavy atom. The molecule has 5 heteroatoms. The van der Waals surface area contributed by atoms with Crippen molar-refractivity contribution in [2.45, 2.75) is 30.6 Å². The largest absolute Gasteiger partial charge is 0.241 e. The number of rotatable bonds is 3. The minimum absolute atomic E-state index is 0.0463. The van der Waals surface area contributed by atoms with Gasteiger partial charge < -0.3 is 0 Å². The molecule has 0 aliphatic heterocycles. The van der Waals surface area contributed by atoms with Crippen LogP contribution in [0.1, 0.15) is 29.5 Å². The van der Waals surface area contributed by atoms with Crippen LogP contribution in [-0.4, -0.2) is 15.0 Å². The summed E-state index contributed by atoms with van der Waals surface area (Å²) >= 11 is 6.02. The quantitative estimate of drug-likeness (QED) is 0.852. The summed E-state index contributed by atoms with van der Waals surface area (Å²) in [7, 11) is -3.54. The fraction of sp³-hybridized carbons (Fsp3) is 0.263. The van der Waals surface area contributed by atoms with E-state index < -0.39 is 10.0 Å². The smallest absolute Gasteiger partial charge is 0.207 e. The highest BCUT2D eigenvalue weighted by atomic mass is 35.5. The highest BCUT2D eigenvalue weighted by molar-refractivity contribution is 7.89. The summed E-state index contributed by atoms with van der Waals surface area (Å²) < 4.78 is 27.3. The van der Waals surface area contributed by atoms with Gasteiger partial charge >= 0.3 is 0 Å². The molecule has 0 fully saturated rings. The third-order valence-corrected chi connectivity index (χ3v) is 5.81. The molecule has 0 atom stereocenters. The second kappa shape index (κ2) is 7.40. The maximum absolute atomic E-state index is 12.4. The molecule has 0 saturated heterocycles. The Bertz CT molecular complexity index is 910. The molecule has 0 saturated carbocycles. The third kappa shape index (κ3) is 3.99. The van der Waals surface area contributed by atoms with Crippen LogP contribution in [0.5, 0.6) is 0 Å². The van der Waals surface area contributed by atoms with E-state index in [9.17, 15) is 8.42 Å². The van der Waals surface area contributed by atoms with Gasteiger partial charge in [0.1, 0.15) is 0 Å². The summed E-state index contributed by atoms with van der Waals surface area (Å²) in [5.74, 6) is 5.68. The van der Waals surface area contributed by atoms with Gasteiger partial charge in [-0.1, -0.05) is 41.6 Å². The van der Waals surface area contributed by atoms with E-state index in [-0.39, 0.29) is 6.54 Å². The van der Waals surface area contributed by atoms with E-state index in [2.05, 4.69) is 16.6 Å². The number of nitrogens with one attached hydrogen (secondary N) is 1. The highest BCUT2D eigenvalue weighted by Gasteiger charge is 2.16. The summed E-state index contributed by atoms with van der Waals surface area (Å²) in [6.07, 6.45) is 4.28. The summed E-state index contributed by atoms with van der Waals surface area (Å²) in [5, 5.41) is 0.558. The van der Waals surface area contributed by atoms with Gasteiger partial charge in [-0.3, -0.25) is 0 Å². The van der Waals surface area contributed by atoms with Crippen molar-refractivity contribution in [3.05, 3.63) is 64.2 Å². The van der Waals surface area contributed by atoms with Crippen LogP contribution >= 0.6 is 11.6 Å². The molecule has 24 heavy (non-hydrogen) atoms. The topological polar surface area (TPSA) is 46.2 Å². The van der Waals surface area contributed by atoms with Crippen molar-refractivity contribution >= 4 is 21.6 Å². The van der Waals surface area contributed by atoms with Crippen molar-refractivity contribution in [2.24, 2.45) is 0 Å². The molecule has 0 bridgehead atoms. The van der Waals surface area contributed by atoms with Gasteiger partial charge in [-0.15, -0.1) is 0 Å². The molecule has 124 valence electrons. The molecule has 3 nitrogen and oxygen atoms in total. The average Bonchev–Trinajstić information content (AvgIpc) is 2.59. The van der Waals surface area contributed by atoms with E-state index in [0.717, 1.165) is 24.8 Å². The van der Waals surface area contributed by atoms with E-state index in [4.69, 9.17) is 11.6 Å². The minimum Gasteiger partial charge on any atom is -0.207 e. The van der Waals surface area contributed by atoms with Crippen LogP contribution in [0.4, 0.5) is 0 Å². The first-order valence-electron chi connectivity index (χ1n) is 7.91. The molecule has 0 radical (unpaired) electrons. The lowest BCUT2D eigenvalue weighted by Crippen LogP contribution is -2.24.